The van der Waals surface area contributed by atoms with Crippen LogP contribution in [0, 0.1) is 13.8 Å². The summed E-state index contributed by atoms with van der Waals surface area (Å²) in [6.07, 6.45) is 1.52. The van der Waals surface area contributed by atoms with Gasteiger partial charge in [-0.25, -0.2) is 0 Å². The summed E-state index contributed by atoms with van der Waals surface area (Å²) >= 11 is 0. The molecule has 0 spiro atoms. The molecule has 1 aromatic rings. The van der Waals surface area contributed by atoms with E-state index in [2.05, 4.69) is 5.10 Å². The van der Waals surface area contributed by atoms with Gasteiger partial charge in [0.2, 0.25) is 0 Å². The molecule has 4 radical (unpaired) electrons. The lowest BCUT2D eigenvalue weighted by atomic mass is 10.3. The molecule has 0 N–H and O–H groups in total. The van der Waals surface area contributed by atoms with Gasteiger partial charge >= 0.3 is 0 Å². The average molecular weight is 106 g/mol. The summed E-state index contributed by atoms with van der Waals surface area (Å²) in [6, 6.07) is 0. The minimum Gasteiger partial charge on any atom is -0.272 e. The van der Waals surface area contributed by atoms with E-state index in [0.29, 0.717) is 11.3 Å². The van der Waals surface area contributed by atoms with Crippen molar-refractivity contribution in [3.8, 4) is 0 Å². The smallest absolute Gasteiger partial charge is 0.0527 e. The van der Waals surface area contributed by atoms with Crippen molar-refractivity contribution < 1.29 is 0 Å². The highest BCUT2D eigenvalue weighted by Gasteiger charge is 1.94. The zero-order valence-electron chi connectivity index (χ0n) is 4.63. The van der Waals surface area contributed by atoms with E-state index in [1.165, 1.54) is 10.9 Å². The summed E-state index contributed by atoms with van der Waals surface area (Å²) in [5.41, 5.74) is 1.05. The molecule has 0 atom stereocenters. The van der Waals surface area contributed by atoms with E-state index in [4.69, 9.17) is 13.8 Å². The monoisotopic (exact) mass is 106 g/mol. The van der Waals surface area contributed by atoms with E-state index in [-0.39, 0.29) is 0 Å². The van der Waals surface area contributed by atoms with Crippen LogP contribution in [0.25, 0.3) is 0 Å². The summed E-state index contributed by atoms with van der Waals surface area (Å²) in [6.45, 7) is 10.7. The molecule has 0 aromatic carbocycles. The van der Waals surface area contributed by atoms with Gasteiger partial charge in [0.25, 0.3) is 0 Å². The third-order valence-electron chi connectivity index (χ3n) is 1.01. The van der Waals surface area contributed by atoms with Crippen LogP contribution in [0.15, 0.2) is 6.20 Å². The molecule has 1 heterocycles. The van der Waals surface area contributed by atoms with Crippen molar-refractivity contribution in [2.45, 2.75) is 0 Å². The van der Waals surface area contributed by atoms with Crippen LogP contribution >= 0.6 is 0 Å². The largest absolute Gasteiger partial charge is 0.272 e. The minimum atomic E-state index is 0.519. The number of hydrogen-bond acceptors (Lipinski definition) is 1. The van der Waals surface area contributed by atoms with Crippen LogP contribution in [0.1, 0.15) is 11.3 Å². The van der Waals surface area contributed by atoms with Gasteiger partial charge in [0.15, 0.2) is 0 Å². The molecule has 1 rings (SSSR count). The van der Waals surface area contributed by atoms with Gasteiger partial charge in [-0.2, -0.15) is 5.10 Å². The van der Waals surface area contributed by atoms with E-state index in [0.717, 1.165) is 0 Å². The molecule has 8 heavy (non-hydrogen) atoms. The first-order chi connectivity index (χ1) is 3.72. The molecular weight excluding hydrogens is 100 g/mol. The molecule has 0 bridgehead atoms. The molecular formula is C6H6N2. The molecule has 0 aliphatic heterocycles. The van der Waals surface area contributed by atoms with Crippen molar-refractivity contribution in [2.75, 3.05) is 0 Å². The predicted molar refractivity (Wildman–Crippen MR) is 30.0 cm³/mol. The van der Waals surface area contributed by atoms with Gasteiger partial charge in [-0.05, 0) is 5.56 Å². The zero-order chi connectivity index (χ0) is 6.15. The molecule has 2 nitrogen and oxygen atoms in total. The van der Waals surface area contributed by atoms with Gasteiger partial charge < -0.3 is 0 Å². The van der Waals surface area contributed by atoms with Crippen molar-refractivity contribution in [1.29, 1.82) is 0 Å². The molecule has 0 saturated heterocycles. The van der Waals surface area contributed by atoms with E-state index in [1.807, 2.05) is 0 Å². The van der Waals surface area contributed by atoms with Gasteiger partial charge in [0.05, 0.1) is 6.20 Å². The van der Waals surface area contributed by atoms with E-state index in [9.17, 15) is 0 Å². The third-order valence-corrected chi connectivity index (χ3v) is 1.01. The van der Waals surface area contributed by atoms with Crippen molar-refractivity contribution in [2.24, 2.45) is 7.05 Å². The highest BCUT2D eigenvalue weighted by molar-refractivity contribution is 5.22. The maximum atomic E-state index is 5.38. The Kier molecular flexibility index (Phi) is 1.08. The quantitative estimate of drug-likeness (QED) is 0.472. The molecule has 0 aliphatic rings. The van der Waals surface area contributed by atoms with Gasteiger partial charge in [0, 0.05) is 26.6 Å². The van der Waals surface area contributed by atoms with Crippen molar-refractivity contribution >= 4 is 0 Å². The lowest BCUT2D eigenvalue weighted by Gasteiger charge is -1.90. The predicted octanol–water partition coefficient (Wildman–Crippen LogP) is 0.538. The fraction of sp³-hybridized carbons (Fsp3) is 0.167. The fourth-order valence-electron chi connectivity index (χ4n) is 0.464. The second-order valence-corrected chi connectivity index (χ2v) is 1.61. The van der Waals surface area contributed by atoms with Crippen LogP contribution < -0.4 is 0 Å². The number of aryl methyl sites for hydroxylation is 1. The Labute approximate surface area is 49.1 Å². The Balaban J connectivity index is 3.19. The SMILES string of the molecule is [CH]c1cnn(C)c1[CH]. The lowest BCUT2D eigenvalue weighted by Crippen LogP contribution is -1.91. The highest BCUT2D eigenvalue weighted by Crippen LogP contribution is 2.00. The number of rotatable bonds is 0. The summed E-state index contributed by atoms with van der Waals surface area (Å²) in [5, 5.41) is 3.78. The fourth-order valence-corrected chi connectivity index (χ4v) is 0.464. The topological polar surface area (TPSA) is 17.8 Å². The average Bonchev–Trinajstić information content (AvgIpc) is 1.98. The molecule has 2 heteroatoms. The standard InChI is InChI=1S/C6H6N2/c1-5-4-7-8(3)6(5)2/h1-2,4H,3H3. The Hall–Kier alpha value is -0.790. The van der Waals surface area contributed by atoms with Crippen molar-refractivity contribution in [1.82, 2.24) is 9.78 Å². The maximum Gasteiger partial charge on any atom is 0.0527 e. The number of hydrogen-bond donors (Lipinski definition) is 0. The normalized spacial score (nSPS) is 9.88. The summed E-state index contributed by atoms with van der Waals surface area (Å²) in [5.74, 6) is 0. The summed E-state index contributed by atoms with van der Waals surface area (Å²) < 4.78 is 1.52. The van der Waals surface area contributed by atoms with Gasteiger partial charge in [-0.15, -0.1) is 0 Å². The molecule has 1 aromatic heterocycles. The maximum absolute atomic E-state index is 5.38. The van der Waals surface area contributed by atoms with E-state index < -0.39 is 0 Å². The Morgan fingerprint density at radius 1 is 1.62 bits per heavy atom. The van der Waals surface area contributed by atoms with Gasteiger partial charge in [-0.1, -0.05) is 0 Å². The van der Waals surface area contributed by atoms with Crippen LogP contribution in [-0.2, 0) is 7.05 Å². The highest BCUT2D eigenvalue weighted by atomic mass is 15.3. The van der Waals surface area contributed by atoms with Crippen LogP contribution in [0.4, 0.5) is 0 Å². The Morgan fingerprint density at radius 3 is 2.38 bits per heavy atom. The first-order valence-electron chi connectivity index (χ1n) is 2.25. The Bertz CT molecular complexity index is 169. The van der Waals surface area contributed by atoms with Gasteiger partial charge in [0.1, 0.15) is 0 Å². The molecule has 0 saturated carbocycles. The minimum absolute atomic E-state index is 0.519. The molecule has 0 fully saturated rings. The van der Waals surface area contributed by atoms with E-state index in [1.54, 1.807) is 7.05 Å². The molecule has 0 amide bonds. The van der Waals surface area contributed by atoms with Crippen molar-refractivity contribution in [3.05, 3.63) is 31.3 Å². The van der Waals surface area contributed by atoms with Crippen molar-refractivity contribution in [3.63, 3.8) is 0 Å². The zero-order valence-corrected chi connectivity index (χ0v) is 4.63. The molecule has 0 aliphatic carbocycles. The lowest BCUT2D eigenvalue weighted by molar-refractivity contribution is 0.753. The number of nitrogens with zero attached hydrogens (tertiary/aromatic N) is 2. The van der Waals surface area contributed by atoms with Crippen LogP contribution in [0.3, 0.4) is 0 Å². The van der Waals surface area contributed by atoms with Crippen LogP contribution in [0.2, 0.25) is 0 Å². The first-order valence-corrected chi connectivity index (χ1v) is 2.25. The molecule has 40 valence electrons. The second kappa shape index (κ2) is 1.62. The first kappa shape index (κ1) is 5.35. The number of aromatic nitrogens is 2. The second-order valence-electron chi connectivity index (χ2n) is 1.61. The Morgan fingerprint density at radius 2 is 2.25 bits per heavy atom. The van der Waals surface area contributed by atoms with E-state index >= 15 is 0 Å². The summed E-state index contributed by atoms with van der Waals surface area (Å²) in [4.78, 5) is 0. The van der Waals surface area contributed by atoms with Crippen LogP contribution in [0.5, 0.6) is 0 Å². The van der Waals surface area contributed by atoms with Gasteiger partial charge in [-0.3, -0.25) is 4.68 Å². The summed E-state index contributed by atoms with van der Waals surface area (Å²) in [7, 11) is 1.74. The third kappa shape index (κ3) is 0.619. The van der Waals surface area contributed by atoms with Crippen LogP contribution in [-0.4, -0.2) is 9.78 Å². The molecule has 0 unspecified atom stereocenters.